The predicted octanol–water partition coefficient (Wildman–Crippen LogP) is 4.39. The predicted molar refractivity (Wildman–Crippen MR) is 142 cm³/mol. The fourth-order valence-electron chi connectivity index (χ4n) is 4.46. The van der Waals surface area contributed by atoms with Crippen LogP contribution in [0.2, 0.25) is 0 Å². The number of hydrogen-bond acceptors (Lipinski definition) is 5. The Kier molecular flexibility index (Phi) is 5.72. The molecule has 5 aromatic rings. The molecule has 2 N–H and O–H groups in total. The molecule has 9 heteroatoms. The monoisotopic (exact) mass is 504 g/mol. The molecule has 0 bridgehead atoms. The van der Waals surface area contributed by atoms with E-state index in [-0.39, 0.29) is 22.5 Å². The maximum absolute atomic E-state index is 14.8. The van der Waals surface area contributed by atoms with Crippen LogP contribution in [0.25, 0.3) is 16.9 Å². The lowest BCUT2D eigenvalue weighted by atomic mass is 10.0. The minimum atomic E-state index is -1.26. The number of carbonyl (C=O) groups excluding carboxylic acids is 2. The van der Waals surface area contributed by atoms with Crippen LogP contribution in [-0.2, 0) is 4.79 Å². The second-order valence-corrected chi connectivity index (χ2v) is 8.86. The highest BCUT2D eigenvalue weighted by atomic mass is 19.1. The molecule has 1 atom stereocenters. The van der Waals surface area contributed by atoms with Gasteiger partial charge in [-0.15, -0.1) is 0 Å². The molecule has 38 heavy (non-hydrogen) atoms. The van der Waals surface area contributed by atoms with Gasteiger partial charge in [-0.05, 0) is 30.7 Å². The summed E-state index contributed by atoms with van der Waals surface area (Å²) >= 11 is 0. The fraction of sp³-hybridized carbons (Fsp3) is 0.0690. The molecule has 0 fully saturated rings. The summed E-state index contributed by atoms with van der Waals surface area (Å²) in [6.45, 7) is 1.84. The van der Waals surface area contributed by atoms with E-state index in [0.29, 0.717) is 11.4 Å². The lowest BCUT2D eigenvalue weighted by molar-refractivity contribution is -0.117. The van der Waals surface area contributed by atoms with Gasteiger partial charge in [0.1, 0.15) is 17.1 Å². The largest absolute Gasteiger partial charge is 0.322 e. The van der Waals surface area contributed by atoms with Crippen LogP contribution in [-0.4, -0.2) is 38.3 Å². The number of aryl methyl sites for hydroxylation is 1. The Balaban J connectivity index is 1.46. The third kappa shape index (κ3) is 4.09. The number of nitrogens with one attached hydrogen (secondary N) is 2. The summed E-state index contributed by atoms with van der Waals surface area (Å²) in [4.78, 5) is 36.1. The number of para-hydroxylation sites is 1. The molecule has 0 unspecified atom stereocenters. The van der Waals surface area contributed by atoms with E-state index >= 15 is 0 Å². The van der Waals surface area contributed by atoms with E-state index in [1.807, 2.05) is 55.5 Å². The van der Waals surface area contributed by atoms with Gasteiger partial charge < -0.3 is 10.6 Å². The number of aromatic nitrogens is 3. The molecule has 0 aliphatic carbocycles. The lowest BCUT2D eigenvalue weighted by Gasteiger charge is -2.13. The zero-order valence-corrected chi connectivity index (χ0v) is 20.2. The van der Waals surface area contributed by atoms with Crippen LogP contribution in [0.5, 0.6) is 0 Å². The molecule has 0 saturated carbocycles. The van der Waals surface area contributed by atoms with Crippen molar-refractivity contribution in [3.8, 4) is 11.3 Å². The minimum absolute atomic E-state index is 0.0427. The van der Waals surface area contributed by atoms with Gasteiger partial charge in [0.2, 0.25) is 6.17 Å². The van der Waals surface area contributed by atoms with Crippen LogP contribution in [0.1, 0.15) is 27.0 Å². The average molecular weight is 505 g/mol. The quantitative estimate of drug-likeness (QED) is 0.379. The van der Waals surface area contributed by atoms with Crippen LogP contribution < -0.4 is 10.6 Å². The van der Waals surface area contributed by atoms with E-state index in [1.165, 1.54) is 10.6 Å². The fourth-order valence-corrected chi connectivity index (χ4v) is 4.46. The zero-order valence-electron chi connectivity index (χ0n) is 20.2. The van der Waals surface area contributed by atoms with E-state index in [4.69, 9.17) is 0 Å². The number of rotatable bonds is 4. The SMILES string of the molecule is Cc1cnc2c(C(=O)N[C@H]3N=C(c4ccccc4)c4ccccc4NC3=O)c(-c3ccccc3F)nn2c1. The van der Waals surface area contributed by atoms with Crippen molar-refractivity contribution >= 4 is 28.9 Å². The molecule has 0 radical (unpaired) electrons. The minimum Gasteiger partial charge on any atom is -0.322 e. The van der Waals surface area contributed by atoms with Gasteiger partial charge in [-0.25, -0.2) is 18.9 Å². The van der Waals surface area contributed by atoms with Crippen molar-refractivity contribution in [3.05, 3.63) is 119 Å². The highest BCUT2D eigenvalue weighted by Gasteiger charge is 2.30. The van der Waals surface area contributed by atoms with E-state index < -0.39 is 23.8 Å². The lowest BCUT2D eigenvalue weighted by Crippen LogP contribution is -2.42. The summed E-state index contributed by atoms with van der Waals surface area (Å²) in [5.74, 6) is -1.70. The smallest absolute Gasteiger partial charge is 0.269 e. The molecule has 0 saturated heterocycles. The van der Waals surface area contributed by atoms with Crippen molar-refractivity contribution in [3.63, 3.8) is 0 Å². The van der Waals surface area contributed by atoms with Gasteiger partial charge in [-0.1, -0.05) is 60.7 Å². The number of nitrogens with zero attached hydrogens (tertiary/aromatic N) is 4. The number of amides is 2. The first-order valence-electron chi connectivity index (χ1n) is 11.9. The molecule has 1 aliphatic rings. The number of benzene rings is 3. The van der Waals surface area contributed by atoms with Gasteiger partial charge in [-0.3, -0.25) is 9.59 Å². The van der Waals surface area contributed by atoms with E-state index in [1.54, 1.807) is 36.7 Å². The van der Waals surface area contributed by atoms with Crippen molar-refractivity contribution < 1.29 is 14.0 Å². The summed E-state index contributed by atoms with van der Waals surface area (Å²) < 4.78 is 16.2. The van der Waals surface area contributed by atoms with Crippen LogP contribution in [0.15, 0.2) is 96.2 Å². The van der Waals surface area contributed by atoms with Crippen LogP contribution >= 0.6 is 0 Å². The molecular weight excluding hydrogens is 483 g/mol. The summed E-state index contributed by atoms with van der Waals surface area (Å²) in [5.41, 5.74) is 3.99. The van der Waals surface area contributed by atoms with Crippen molar-refractivity contribution in [2.75, 3.05) is 5.32 Å². The summed E-state index contributed by atoms with van der Waals surface area (Å²) in [7, 11) is 0. The summed E-state index contributed by atoms with van der Waals surface area (Å²) in [5, 5.41) is 10.1. The number of aliphatic imine (C=N–C) groups is 1. The Morgan fingerprint density at radius 1 is 0.974 bits per heavy atom. The van der Waals surface area contributed by atoms with Crippen LogP contribution in [0, 0.1) is 12.7 Å². The van der Waals surface area contributed by atoms with Gasteiger partial charge in [0.25, 0.3) is 11.8 Å². The molecular formula is C29H21FN6O2. The molecule has 0 spiro atoms. The summed E-state index contributed by atoms with van der Waals surface area (Å²) in [6, 6.07) is 22.8. The Morgan fingerprint density at radius 3 is 2.47 bits per heavy atom. The number of halogens is 1. The molecule has 1 aliphatic heterocycles. The summed E-state index contributed by atoms with van der Waals surface area (Å²) in [6.07, 6.45) is 2.03. The number of hydrogen-bond donors (Lipinski definition) is 2. The van der Waals surface area contributed by atoms with Crippen molar-refractivity contribution in [2.24, 2.45) is 4.99 Å². The second-order valence-electron chi connectivity index (χ2n) is 8.86. The Labute approximate surface area is 216 Å². The Bertz CT molecular complexity index is 1750. The molecule has 2 amide bonds. The number of fused-ring (bicyclic) bond motifs is 2. The van der Waals surface area contributed by atoms with Gasteiger partial charge in [-0.2, -0.15) is 5.10 Å². The molecule has 2 aromatic heterocycles. The van der Waals surface area contributed by atoms with E-state index in [2.05, 4.69) is 25.7 Å². The second kappa shape index (κ2) is 9.36. The zero-order chi connectivity index (χ0) is 26.2. The maximum atomic E-state index is 14.8. The van der Waals surface area contributed by atoms with E-state index in [0.717, 1.165) is 16.7 Å². The molecule has 186 valence electrons. The molecule has 3 heterocycles. The Morgan fingerprint density at radius 2 is 1.68 bits per heavy atom. The van der Waals surface area contributed by atoms with Gasteiger partial charge in [0.05, 0.1) is 11.4 Å². The Hall–Kier alpha value is -5.18. The third-order valence-corrected chi connectivity index (χ3v) is 6.22. The average Bonchev–Trinajstić information content (AvgIpc) is 3.23. The van der Waals surface area contributed by atoms with Gasteiger partial charge in [0.15, 0.2) is 5.65 Å². The topological polar surface area (TPSA) is 101 Å². The van der Waals surface area contributed by atoms with Gasteiger partial charge in [0, 0.05) is 29.1 Å². The van der Waals surface area contributed by atoms with Crippen molar-refractivity contribution in [1.82, 2.24) is 19.9 Å². The number of benzodiazepines with no additional fused rings is 1. The third-order valence-electron chi connectivity index (χ3n) is 6.22. The van der Waals surface area contributed by atoms with Crippen molar-refractivity contribution in [2.45, 2.75) is 13.1 Å². The molecule has 8 nitrogen and oxygen atoms in total. The first-order valence-corrected chi connectivity index (χ1v) is 11.9. The highest BCUT2D eigenvalue weighted by Crippen LogP contribution is 2.29. The highest BCUT2D eigenvalue weighted by molar-refractivity contribution is 6.20. The van der Waals surface area contributed by atoms with Crippen molar-refractivity contribution in [1.29, 1.82) is 0 Å². The van der Waals surface area contributed by atoms with Gasteiger partial charge >= 0.3 is 0 Å². The molecule has 3 aromatic carbocycles. The van der Waals surface area contributed by atoms with Crippen LogP contribution in [0.4, 0.5) is 10.1 Å². The first kappa shape index (κ1) is 23.2. The number of anilines is 1. The molecule has 6 rings (SSSR count). The normalized spacial score (nSPS) is 14.8. The standard InChI is InChI=1S/C29H21FN6O2/c1-17-15-31-27-23(25(35-36(27)16-17)19-11-5-7-13-21(19)30)28(37)34-26-29(38)32-22-14-8-6-12-20(22)24(33-26)18-9-3-2-4-10-18/h2-16,26H,1H3,(H,32,38)(H,34,37)/t26-/m1/s1. The first-order chi connectivity index (χ1) is 18.5. The van der Waals surface area contributed by atoms with E-state index in [9.17, 15) is 14.0 Å². The number of carbonyl (C=O) groups is 2. The maximum Gasteiger partial charge on any atom is 0.269 e. The van der Waals surface area contributed by atoms with Crippen LogP contribution in [0.3, 0.4) is 0 Å².